The van der Waals surface area contributed by atoms with Gasteiger partial charge in [0.15, 0.2) is 0 Å². The number of H-pyrrole nitrogens is 1. The van der Waals surface area contributed by atoms with Crippen molar-refractivity contribution in [2.75, 3.05) is 11.5 Å². The van der Waals surface area contributed by atoms with Crippen LogP contribution in [0, 0.1) is 0 Å². The number of fused-ring (bicyclic) bond motifs is 1. The molecule has 2 heterocycles. The maximum Gasteiger partial charge on any atom is 0.225 e. The van der Waals surface area contributed by atoms with E-state index in [1.165, 1.54) is 10.9 Å². The maximum atomic E-state index is 5.55. The number of nitrogens with zero attached hydrogens (tertiary/aromatic N) is 3. The molecule has 0 aliphatic heterocycles. The average Bonchev–Trinajstić information content (AvgIpc) is 2.78. The van der Waals surface area contributed by atoms with Gasteiger partial charge in [-0.2, -0.15) is 15.0 Å². The molecular weight excluding hydrogens is 240 g/mol. The molecule has 0 spiro atoms. The number of aromatic amines is 1. The summed E-state index contributed by atoms with van der Waals surface area (Å²) in [5, 5.41) is 1.22. The van der Waals surface area contributed by atoms with Gasteiger partial charge in [0, 0.05) is 23.5 Å². The van der Waals surface area contributed by atoms with Gasteiger partial charge in [0.1, 0.15) is 5.82 Å². The molecule has 0 radical (unpaired) electrons. The molecule has 3 aromatic rings. The number of nitrogens with two attached hydrogens (primary N) is 2. The number of aromatic nitrogens is 4. The van der Waals surface area contributed by atoms with E-state index in [0.717, 1.165) is 11.9 Å². The molecule has 6 heteroatoms. The standard InChI is InChI=1S/C13H14N6/c14-12-17-11(18-13(15)19-12)6-5-8-7-16-10-4-2-1-3-9(8)10/h1-4,7,16H,5-6H2,(H4,14,15,17,18,19). The van der Waals surface area contributed by atoms with Crippen molar-refractivity contribution in [2.24, 2.45) is 0 Å². The zero-order valence-electron chi connectivity index (χ0n) is 10.3. The van der Waals surface area contributed by atoms with Crippen LogP contribution in [0.5, 0.6) is 0 Å². The number of hydrogen-bond acceptors (Lipinski definition) is 5. The second kappa shape index (κ2) is 4.56. The molecule has 0 fully saturated rings. The van der Waals surface area contributed by atoms with Gasteiger partial charge in [0.05, 0.1) is 0 Å². The van der Waals surface area contributed by atoms with E-state index in [2.05, 4.69) is 32.1 Å². The van der Waals surface area contributed by atoms with Crippen LogP contribution in [0.4, 0.5) is 11.9 Å². The van der Waals surface area contributed by atoms with Gasteiger partial charge in [0.25, 0.3) is 0 Å². The van der Waals surface area contributed by atoms with E-state index in [1.807, 2.05) is 18.3 Å². The molecule has 6 nitrogen and oxygen atoms in total. The molecule has 0 saturated heterocycles. The van der Waals surface area contributed by atoms with Gasteiger partial charge in [0.2, 0.25) is 11.9 Å². The third-order valence-electron chi connectivity index (χ3n) is 3.01. The Labute approximate surface area is 109 Å². The highest BCUT2D eigenvalue weighted by Gasteiger charge is 2.06. The number of nitrogens with one attached hydrogen (secondary N) is 1. The molecule has 0 saturated carbocycles. The Morgan fingerprint density at radius 2 is 1.68 bits per heavy atom. The van der Waals surface area contributed by atoms with Crippen molar-refractivity contribution in [2.45, 2.75) is 12.8 Å². The van der Waals surface area contributed by atoms with E-state index < -0.39 is 0 Å². The third kappa shape index (κ3) is 2.33. The van der Waals surface area contributed by atoms with Crippen LogP contribution in [0.15, 0.2) is 30.5 Å². The minimum atomic E-state index is 0.168. The summed E-state index contributed by atoms with van der Waals surface area (Å²) in [6.45, 7) is 0. The smallest absolute Gasteiger partial charge is 0.225 e. The summed E-state index contributed by atoms with van der Waals surface area (Å²) >= 11 is 0. The average molecular weight is 254 g/mol. The molecule has 2 aromatic heterocycles. The van der Waals surface area contributed by atoms with E-state index in [1.54, 1.807) is 0 Å². The van der Waals surface area contributed by atoms with Crippen molar-refractivity contribution in [1.82, 2.24) is 19.9 Å². The van der Waals surface area contributed by atoms with E-state index in [0.29, 0.717) is 12.2 Å². The first kappa shape index (κ1) is 11.5. The van der Waals surface area contributed by atoms with Crippen molar-refractivity contribution in [3.63, 3.8) is 0 Å². The Morgan fingerprint density at radius 1 is 0.947 bits per heavy atom. The highest BCUT2D eigenvalue weighted by atomic mass is 15.1. The Bertz CT molecular complexity index is 698. The van der Waals surface area contributed by atoms with Crippen LogP contribution in [0.25, 0.3) is 10.9 Å². The fourth-order valence-corrected chi connectivity index (χ4v) is 2.15. The highest BCUT2D eigenvalue weighted by Crippen LogP contribution is 2.19. The van der Waals surface area contributed by atoms with Crippen LogP contribution < -0.4 is 11.5 Å². The number of aryl methyl sites for hydroxylation is 2. The van der Waals surface area contributed by atoms with Crippen molar-refractivity contribution < 1.29 is 0 Å². The van der Waals surface area contributed by atoms with E-state index in [4.69, 9.17) is 11.5 Å². The molecule has 0 aliphatic rings. The second-order valence-corrected chi connectivity index (χ2v) is 4.33. The molecule has 0 bridgehead atoms. The van der Waals surface area contributed by atoms with Crippen molar-refractivity contribution in [1.29, 1.82) is 0 Å². The van der Waals surface area contributed by atoms with Crippen molar-refractivity contribution >= 4 is 22.8 Å². The minimum absolute atomic E-state index is 0.168. The monoisotopic (exact) mass is 254 g/mol. The molecule has 96 valence electrons. The van der Waals surface area contributed by atoms with Gasteiger partial charge in [-0.1, -0.05) is 18.2 Å². The van der Waals surface area contributed by atoms with Crippen LogP contribution in [0.2, 0.25) is 0 Å². The topological polar surface area (TPSA) is 106 Å². The molecule has 0 atom stereocenters. The summed E-state index contributed by atoms with van der Waals surface area (Å²) in [4.78, 5) is 15.2. The number of nitrogen functional groups attached to an aromatic ring is 2. The first-order valence-corrected chi connectivity index (χ1v) is 6.03. The van der Waals surface area contributed by atoms with Crippen LogP contribution >= 0.6 is 0 Å². The van der Waals surface area contributed by atoms with E-state index >= 15 is 0 Å². The Balaban J connectivity index is 1.82. The number of rotatable bonds is 3. The molecule has 0 unspecified atom stereocenters. The van der Waals surface area contributed by atoms with Crippen LogP contribution in [-0.2, 0) is 12.8 Å². The Kier molecular flexibility index (Phi) is 2.75. The lowest BCUT2D eigenvalue weighted by atomic mass is 10.1. The molecule has 19 heavy (non-hydrogen) atoms. The largest absolute Gasteiger partial charge is 0.368 e. The first-order chi connectivity index (χ1) is 9.22. The second-order valence-electron chi connectivity index (χ2n) is 4.33. The van der Waals surface area contributed by atoms with Crippen LogP contribution in [0.1, 0.15) is 11.4 Å². The summed E-state index contributed by atoms with van der Waals surface area (Å²) in [6, 6.07) is 8.18. The van der Waals surface area contributed by atoms with Crippen LogP contribution in [0.3, 0.4) is 0 Å². The lowest BCUT2D eigenvalue weighted by molar-refractivity contribution is 0.851. The predicted octanol–water partition coefficient (Wildman–Crippen LogP) is 1.30. The van der Waals surface area contributed by atoms with Gasteiger partial charge in [-0.3, -0.25) is 0 Å². The van der Waals surface area contributed by atoms with Gasteiger partial charge >= 0.3 is 0 Å². The van der Waals surface area contributed by atoms with E-state index in [9.17, 15) is 0 Å². The lowest BCUT2D eigenvalue weighted by Gasteiger charge is -2.01. The fourth-order valence-electron chi connectivity index (χ4n) is 2.15. The molecule has 0 aliphatic carbocycles. The molecule has 3 rings (SSSR count). The predicted molar refractivity (Wildman–Crippen MR) is 74.4 cm³/mol. The van der Waals surface area contributed by atoms with Crippen LogP contribution in [-0.4, -0.2) is 19.9 Å². The summed E-state index contributed by atoms with van der Waals surface area (Å²) in [7, 11) is 0. The molecular formula is C13H14N6. The molecule has 0 amide bonds. The summed E-state index contributed by atoms with van der Waals surface area (Å²) < 4.78 is 0. The zero-order chi connectivity index (χ0) is 13.2. The summed E-state index contributed by atoms with van der Waals surface area (Å²) in [5.74, 6) is 0.957. The third-order valence-corrected chi connectivity index (χ3v) is 3.01. The van der Waals surface area contributed by atoms with Gasteiger partial charge in [-0.15, -0.1) is 0 Å². The Hall–Kier alpha value is -2.63. The minimum Gasteiger partial charge on any atom is -0.368 e. The summed E-state index contributed by atoms with van der Waals surface area (Å²) in [6.07, 6.45) is 3.52. The number of benzene rings is 1. The first-order valence-electron chi connectivity index (χ1n) is 6.03. The normalized spacial score (nSPS) is 10.9. The van der Waals surface area contributed by atoms with Gasteiger partial charge < -0.3 is 16.5 Å². The quantitative estimate of drug-likeness (QED) is 0.653. The molecule has 5 N–H and O–H groups in total. The Morgan fingerprint density at radius 3 is 2.47 bits per heavy atom. The maximum absolute atomic E-state index is 5.55. The fraction of sp³-hybridized carbons (Fsp3) is 0.154. The van der Waals surface area contributed by atoms with Gasteiger partial charge in [-0.05, 0) is 18.1 Å². The highest BCUT2D eigenvalue weighted by molar-refractivity contribution is 5.83. The van der Waals surface area contributed by atoms with Crippen molar-refractivity contribution in [3.05, 3.63) is 41.9 Å². The van der Waals surface area contributed by atoms with Crippen molar-refractivity contribution in [3.8, 4) is 0 Å². The number of hydrogen-bond donors (Lipinski definition) is 3. The van der Waals surface area contributed by atoms with Gasteiger partial charge in [-0.25, -0.2) is 0 Å². The zero-order valence-corrected chi connectivity index (χ0v) is 10.3. The number of para-hydroxylation sites is 1. The summed E-state index contributed by atoms with van der Waals surface area (Å²) in [5.41, 5.74) is 13.5. The number of anilines is 2. The molecule has 1 aromatic carbocycles. The SMILES string of the molecule is Nc1nc(N)nc(CCc2c[nH]c3ccccc23)n1. The lowest BCUT2D eigenvalue weighted by Crippen LogP contribution is -2.07. The van der Waals surface area contributed by atoms with E-state index in [-0.39, 0.29) is 11.9 Å².